The molecule has 0 saturated heterocycles. The number of hydrogen-bond donors (Lipinski definition) is 1. The molecule has 0 saturated carbocycles. The summed E-state index contributed by atoms with van der Waals surface area (Å²) < 4.78 is 0. The fourth-order valence-electron chi connectivity index (χ4n) is 1.23. The van der Waals surface area contributed by atoms with Gasteiger partial charge in [0.1, 0.15) is 6.04 Å². The number of nitrogens with zero attached hydrogens (tertiary/aromatic N) is 1. The minimum atomic E-state index is -1.11. The first-order chi connectivity index (χ1) is 6.05. The predicted molar refractivity (Wildman–Crippen MR) is 51.3 cm³/mol. The summed E-state index contributed by atoms with van der Waals surface area (Å²) in [5.41, 5.74) is -0.367. The lowest BCUT2D eigenvalue weighted by molar-refractivity contribution is 0.0521. The first kappa shape index (κ1) is 9.86. The molecule has 0 amide bonds. The molecule has 1 aromatic rings. The third kappa shape index (κ3) is 2.36. The molecule has 0 aromatic heterocycles. The lowest BCUT2D eigenvalue weighted by atomic mass is 9.93. The van der Waals surface area contributed by atoms with Crippen molar-refractivity contribution < 1.29 is 5.11 Å². The van der Waals surface area contributed by atoms with Crippen molar-refractivity contribution in [3.63, 3.8) is 0 Å². The van der Waals surface area contributed by atoms with Crippen LogP contribution in [-0.4, -0.2) is 10.7 Å². The summed E-state index contributed by atoms with van der Waals surface area (Å²) in [6.45, 7) is 3.15. The molecule has 0 heterocycles. The standard InChI is InChI=1S/C10H13NO2/c1-10(2,12)9(11-13)8-6-4-3-5-7-8/h3-7,9,12H,1-2H3. The molecule has 0 spiro atoms. The van der Waals surface area contributed by atoms with Gasteiger partial charge in [-0.15, -0.1) is 0 Å². The Morgan fingerprint density at radius 2 is 1.85 bits per heavy atom. The molecule has 3 heteroatoms. The van der Waals surface area contributed by atoms with Crippen LogP contribution in [0, 0.1) is 4.91 Å². The molecule has 13 heavy (non-hydrogen) atoms. The van der Waals surface area contributed by atoms with E-state index in [2.05, 4.69) is 5.18 Å². The van der Waals surface area contributed by atoms with Gasteiger partial charge in [0.15, 0.2) is 0 Å². The van der Waals surface area contributed by atoms with E-state index >= 15 is 0 Å². The van der Waals surface area contributed by atoms with Crippen molar-refractivity contribution in [1.29, 1.82) is 0 Å². The molecule has 0 aliphatic heterocycles. The minimum Gasteiger partial charge on any atom is -0.388 e. The van der Waals surface area contributed by atoms with Crippen molar-refractivity contribution in [2.75, 3.05) is 0 Å². The van der Waals surface area contributed by atoms with Crippen molar-refractivity contribution >= 4 is 0 Å². The smallest absolute Gasteiger partial charge is 0.145 e. The average Bonchev–Trinajstić information content (AvgIpc) is 2.05. The van der Waals surface area contributed by atoms with Crippen LogP contribution in [0.25, 0.3) is 0 Å². The first-order valence-electron chi connectivity index (χ1n) is 4.15. The van der Waals surface area contributed by atoms with E-state index in [9.17, 15) is 10.0 Å². The molecule has 0 bridgehead atoms. The van der Waals surface area contributed by atoms with Crippen LogP contribution in [0.4, 0.5) is 0 Å². The minimum absolute atomic E-state index is 0.700. The molecule has 0 fully saturated rings. The van der Waals surface area contributed by atoms with Gasteiger partial charge in [0.05, 0.1) is 5.60 Å². The SMILES string of the molecule is CC(C)(O)C(N=O)c1ccccc1. The number of aliphatic hydroxyl groups is 1. The maximum absolute atomic E-state index is 10.5. The lowest BCUT2D eigenvalue weighted by Gasteiger charge is -2.23. The molecule has 0 aliphatic rings. The van der Waals surface area contributed by atoms with Gasteiger partial charge < -0.3 is 5.11 Å². The lowest BCUT2D eigenvalue weighted by Crippen LogP contribution is -2.27. The third-order valence-electron chi connectivity index (χ3n) is 1.89. The van der Waals surface area contributed by atoms with Gasteiger partial charge in [0.25, 0.3) is 0 Å². The summed E-state index contributed by atoms with van der Waals surface area (Å²) >= 11 is 0. The third-order valence-corrected chi connectivity index (χ3v) is 1.89. The van der Waals surface area contributed by atoms with E-state index in [4.69, 9.17) is 0 Å². The Labute approximate surface area is 77.4 Å². The van der Waals surface area contributed by atoms with Crippen molar-refractivity contribution in [1.82, 2.24) is 0 Å². The van der Waals surface area contributed by atoms with Crippen LogP contribution in [0.3, 0.4) is 0 Å². The fraction of sp³-hybridized carbons (Fsp3) is 0.400. The number of hydrogen-bond acceptors (Lipinski definition) is 3. The molecule has 0 radical (unpaired) electrons. The topological polar surface area (TPSA) is 49.7 Å². The maximum atomic E-state index is 10.5. The van der Waals surface area contributed by atoms with Crippen LogP contribution in [-0.2, 0) is 0 Å². The second-order valence-electron chi connectivity index (χ2n) is 3.57. The Hall–Kier alpha value is -1.22. The monoisotopic (exact) mass is 179 g/mol. The van der Waals surface area contributed by atoms with Crippen LogP contribution in [0.1, 0.15) is 25.5 Å². The summed E-state index contributed by atoms with van der Waals surface area (Å²) in [4.78, 5) is 10.5. The van der Waals surface area contributed by atoms with Gasteiger partial charge in [0, 0.05) is 0 Å². The predicted octanol–water partition coefficient (Wildman–Crippen LogP) is 2.27. The van der Waals surface area contributed by atoms with E-state index in [-0.39, 0.29) is 0 Å². The summed E-state index contributed by atoms with van der Waals surface area (Å²) in [6, 6.07) is 8.36. The van der Waals surface area contributed by atoms with Crippen molar-refractivity contribution in [3.05, 3.63) is 40.8 Å². The second kappa shape index (κ2) is 3.66. The number of rotatable bonds is 3. The highest BCUT2D eigenvalue weighted by Gasteiger charge is 2.29. The quantitative estimate of drug-likeness (QED) is 0.723. The van der Waals surface area contributed by atoms with Gasteiger partial charge >= 0.3 is 0 Å². The molecule has 3 nitrogen and oxygen atoms in total. The van der Waals surface area contributed by atoms with Crippen molar-refractivity contribution in [2.24, 2.45) is 5.18 Å². The van der Waals surface area contributed by atoms with E-state index in [1.165, 1.54) is 0 Å². The first-order valence-corrected chi connectivity index (χ1v) is 4.15. The van der Waals surface area contributed by atoms with Gasteiger partial charge in [0.2, 0.25) is 0 Å². The zero-order chi connectivity index (χ0) is 9.90. The highest BCUT2D eigenvalue weighted by molar-refractivity contribution is 5.21. The number of nitroso groups, excluding NO2 is 1. The zero-order valence-corrected chi connectivity index (χ0v) is 7.77. The van der Waals surface area contributed by atoms with Crippen LogP contribution in [0.15, 0.2) is 35.5 Å². The Morgan fingerprint density at radius 1 is 1.31 bits per heavy atom. The Morgan fingerprint density at radius 3 is 2.23 bits per heavy atom. The van der Waals surface area contributed by atoms with E-state index in [1.54, 1.807) is 26.0 Å². The highest BCUT2D eigenvalue weighted by Crippen LogP contribution is 2.28. The largest absolute Gasteiger partial charge is 0.388 e. The Balaban J connectivity index is 2.99. The normalized spacial score (nSPS) is 13.8. The highest BCUT2D eigenvalue weighted by atomic mass is 16.3. The Kier molecular flexibility index (Phi) is 2.78. The van der Waals surface area contributed by atoms with E-state index in [0.717, 1.165) is 5.56 Å². The molecule has 1 aromatic carbocycles. The summed E-state index contributed by atoms with van der Waals surface area (Å²) in [6.07, 6.45) is 0. The number of benzene rings is 1. The van der Waals surface area contributed by atoms with Crippen molar-refractivity contribution in [2.45, 2.75) is 25.5 Å². The van der Waals surface area contributed by atoms with Gasteiger partial charge in [-0.25, -0.2) is 0 Å². The molecule has 1 N–H and O–H groups in total. The van der Waals surface area contributed by atoms with Crippen LogP contribution in [0.2, 0.25) is 0 Å². The van der Waals surface area contributed by atoms with E-state index < -0.39 is 11.6 Å². The van der Waals surface area contributed by atoms with Gasteiger partial charge in [-0.2, -0.15) is 4.91 Å². The van der Waals surface area contributed by atoms with Crippen LogP contribution < -0.4 is 0 Å². The summed E-state index contributed by atoms with van der Waals surface area (Å²) in [5, 5.41) is 12.6. The molecule has 1 atom stereocenters. The summed E-state index contributed by atoms with van der Waals surface area (Å²) in [5.74, 6) is 0. The van der Waals surface area contributed by atoms with Gasteiger partial charge in [-0.1, -0.05) is 35.5 Å². The summed E-state index contributed by atoms with van der Waals surface area (Å²) in [7, 11) is 0. The Bertz CT molecular complexity index is 277. The van der Waals surface area contributed by atoms with Gasteiger partial charge in [-0.3, -0.25) is 0 Å². The molecule has 1 rings (SSSR count). The molecule has 0 aliphatic carbocycles. The average molecular weight is 179 g/mol. The van der Waals surface area contributed by atoms with Crippen molar-refractivity contribution in [3.8, 4) is 0 Å². The van der Waals surface area contributed by atoms with E-state index in [0.29, 0.717) is 0 Å². The fourth-order valence-corrected chi connectivity index (χ4v) is 1.23. The zero-order valence-electron chi connectivity index (χ0n) is 7.77. The molecular weight excluding hydrogens is 166 g/mol. The van der Waals surface area contributed by atoms with Crippen LogP contribution >= 0.6 is 0 Å². The maximum Gasteiger partial charge on any atom is 0.145 e. The molecular formula is C10H13NO2. The second-order valence-corrected chi connectivity index (χ2v) is 3.57. The van der Waals surface area contributed by atoms with Crippen LogP contribution in [0.5, 0.6) is 0 Å². The van der Waals surface area contributed by atoms with E-state index in [1.807, 2.05) is 18.2 Å². The van der Waals surface area contributed by atoms with Gasteiger partial charge in [-0.05, 0) is 19.4 Å². The molecule has 70 valence electrons. The molecule has 1 unspecified atom stereocenters.